The third kappa shape index (κ3) is 3.43. The van der Waals surface area contributed by atoms with Crippen LogP contribution in [0.3, 0.4) is 0 Å². The number of hydrogen-bond acceptors (Lipinski definition) is 2. The van der Waals surface area contributed by atoms with Crippen LogP contribution in [0.1, 0.15) is 30.0 Å². The predicted molar refractivity (Wildman–Crippen MR) is 102 cm³/mol. The van der Waals surface area contributed by atoms with Crippen LogP contribution in [0, 0.1) is 12.7 Å². The van der Waals surface area contributed by atoms with E-state index < -0.39 is 5.82 Å². The maximum absolute atomic E-state index is 14.4. The van der Waals surface area contributed by atoms with Crippen LogP contribution in [0.5, 0.6) is 0 Å². The van der Waals surface area contributed by atoms with Gasteiger partial charge in [0.15, 0.2) is 5.82 Å². The number of benzene rings is 2. The van der Waals surface area contributed by atoms with E-state index in [1.54, 1.807) is 30.6 Å². The maximum atomic E-state index is 14.4. The van der Waals surface area contributed by atoms with Crippen LogP contribution in [-0.4, -0.2) is 27.3 Å². The number of amides is 2. The summed E-state index contributed by atoms with van der Waals surface area (Å²) in [6.45, 7) is 2.76. The Bertz CT molecular complexity index is 955. The molecular formula is C21H21FN4O. The number of nitrogens with zero attached hydrogens (tertiary/aromatic N) is 3. The molecule has 2 heterocycles. The summed E-state index contributed by atoms with van der Waals surface area (Å²) in [7, 11) is 0. The third-order valence-electron chi connectivity index (χ3n) is 5.01. The summed E-state index contributed by atoms with van der Waals surface area (Å²) in [6, 6.07) is 14.4. The van der Waals surface area contributed by atoms with Gasteiger partial charge in [0.1, 0.15) is 5.69 Å². The highest BCUT2D eigenvalue weighted by Crippen LogP contribution is 2.34. The first kappa shape index (κ1) is 17.3. The number of carbonyl (C=O) groups is 1. The van der Waals surface area contributed by atoms with Gasteiger partial charge in [0.05, 0.1) is 6.04 Å². The molecule has 138 valence electrons. The number of rotatable bonds is 3. The van der Waals surface area contributed by atoms with Gasteiger partial charge in [0.2, 0.25) is 0 Å². The quantitative estimate of drug-likeness (QED) is 0.733. The summed E-state index contributed by atoms with van der Waals surface area (Å²) in [5, 5.41) is 6.87. The van der Waals surface area contributed by atoms with E-state index in [2.05, 4.69) is 29.5 Å². The molecule has 0 spiro atoms. The number of aryl methyl sites for hydroxylation is 1. The number of likely N-dealkylation sites (tertiary alicyclic amines) is 1. The molecule has 1 aliphatic rings. The molecule has 1 N–H and O–H groups in total. The van der Waals surface area contributed by atoms with E-state index in [0.717, 1.165) is 12.8 Å². The van der Waals surface area contributed by atoms with Gasteiger partial charge in [-0.15, -0.1) is 0 Å². The van der Waals surface area contributed by atoms with Crippen molar-refractivity contribution in [1.29, 1.82) is 0 Å². The number of halogens is 1. The summed E-state index contributed by atoms with van der Waals surface area (Å²) >= 11 is 0. The zero-order chi connectivity index (χ0) is 18.8. The molecule has 2 amide bonds. The zero-order valence-electron chi connectivity index (χ0n) is 15.1. The summed E-state index contributed by atoms with van der Waals surface area (Å²) in [5.74, 6) is -0.437. The van der Waals surface area contributed by atoms with Crippen molar-refractivity contribution in [2.75, 3.05) is 11.9 Å². The number of hydrogen-bond donors (Lipinski definition) is 1. The SMILES string of the molecule is Cc1ccccc1C1CCCN1C(=O)Nc1ccc(-n2cccn2)c(F)c1. The van der Waals surface area contributed by atoms with Crippen molar-refractivity contribution in [2.45, 2.75) is 25.8 Å². The average Bonchev–Trinajstić information content (AvgIpc) is 3.34. The number of urea groups is 1. The van der Waals surface area contributed by atoms with E-state index in [-0.39, 0.29) is 12.1 Å². The average molecular weight is 364 g/mol. The predicted octanol–water partition coefficient (Wildman–Crippen LogP) is 4.69. The van der Waals surface area contributed by atoms with E-state index in [9.17, 15) is 9.18 Å². The topological polar surface area (TPSA) is 50.2 Å². The molecule has 3 aromatic rings. The van der Waals surface area contributed by atoms with Gasteiger partial charge in [-0.2, -0.15) is 5.10 Å². The molecule has 1 fully saturated rings. The van der Waals surface area contributed by atoms with Crippen molar-refractivity contribution in [3.8, 4) is 5.69 Å². The third-order valence-corrected chi connectivity index (χ3v) is 5.01. The standard InChI is InChI=1S/C21H21FN4O/c1-15-6-2-3-7-17(15)19-8-4-12-25(19)21(27)24-16-9-10-20(18(22)14-16)26-13-5-11-23-26/h2-3,5-7,9-11,13-14,19H,4,8,12H2,1H3,(H,24,27). The minimum Gasteiger partial charge on any atom is -0.317 e. The Hall–Kier alpha value is -3.15. The van der Waals surface area contributed by atoms with Crippen LogP contribution in [0.15, 0.2) is 60.9 Å². The van der Waals surface area contributed by atoms with Crippen molar-refractivity contribution >= 4 is 11.7 Å². The number of carbonyl (C=O) groups excluding carboxylic acids is 1. The monoisotopic (exact) mass is 364 g/mol. The summed E-state index contributed by atoms with van der Waals surface area (Å²) in [4.78, 5) is 14.6. The molecule has 0 aliphatic carbocycles. The van der Waals surface area contributed by atoms with E-state index in [4.69, 9.17) is 0 Å². The minimum absolute atomic E-state index is 0.0550. The highest BCUT2D eigenvalue weighted by atomic mass is 19.1. The van der Waals surface area contributed by atoms with Crippen LogP contribution >= 0.6 is 0 Å². The van der Waals surface area contributed by atoms with E-state index in [1.165, 1.54) is 21.9 Å². The minimum atomic E-state index is -0.437. The van der Waals surface area contributed by atoms with Gasteiger partial charge < -0.3 is 10.2 Å². The van der Waals surface area contributed by atoms with Crippen LogP contribution < -0.4 is 5.32 Å². The second-order valence-corrected chi connectivity index (χ2v) is 6.75. The summed E-state index contributed by atoms with van der Waals surface area (Å²) in [5.41, 5.74) is 3.13. The molecule has 0 bridgehead atoms. The fraction of sp³-hybridized carbons (Fsp3) is 0.238. The largest absolute Gasteiger partial charge is 0.322 e. The number of anilines is 1. The van der Waals surface area contributed by atoms with Gasteiger partial charge >= 0.3 is 6.03 Å². The van der Waals surface area contributed by atoms with Gasteiger partial charge in [0.25, 0.3) is 0 Å². The van der Waals surface area contributed by atoms with E-state index in [1.807, 2.05) is 17.0 Å². The Morgan fingerprint density at radius 2 is 2.07 bits per heavy atom. The van der Waals surface area contributed by atoms with Crippen molar-refractivity contribution in [1.82, 2.24) is 14.7 Å². The molecule has 1 saturated heterocycles. The second-order valence-electron chi connectivity index (χ2n) is 6.75. The normalized spacial score (nSPS) is 16.5. The number of aromatic nitrogens is 2. The van der Waals surface area contributed by atoms with E-state index >= 15 is 0 Å². The lowest BCUT2D eigenvalue weighted by Gasteiger charge is -2.26. The van der Waals surface area contributed by atoms with Crippen molar-refractivity contribution in [3.63, 3.8) is 0 Å². The molecule has 27 heavy (non-hydrogen) atoms. The fourth-order valence-electron chi connectivity index (χ4n) is 3.67. The Kier molecular flexibility index (Phi) is 4.62. The Morgan fingerprint density at radius 1 is 1.22 bits per heavy atom. The molecule has 2 aromatic carbocycles. The Balaban J connectivity index is 1.52. The molecule has 1 unspecified atom stereocenters. The van der Waals surface area contributed by atoms with Crippen molar-refractivity contribution in [3.05, 3.63) is 77.9 Å². The zero-order valence-corrected chi connectivity index (χ0v) is 15.1. The molecule has 1 aromatic heterocycles. The van der Waals surface area contributed by atoms with Gasteiger partial charge in [-0.25, -0.2) is 13.9 Å². The fourth-order valence-corrected chi connectivity index (χ4v) is 3.67. The molecule has 6 heteroatoms. The highest BCUT2D eigenvalue weighted by molar-refractivity contribution is 5.90. The van der Waals surface area contributed by atoms with Gasteiger partial charge in [0, 0.05) is 24.6 Å². The van der Waals surface area contributed by atoms with Crippen LogP contribution in [-0.2, 0) is 0 Å². The molecule has 1 aliphatic heterocycles. The molecule has 0 saturated carbocycles. The summed E-state index contributed by atoms with van der Waals surface area (Å²) in [6.07, 6.45) is 5.16. The maximum Gasteiger partial charge on any atom is 0.322 e. The van der Waals surface area contributed by atoms with Crippen LogP contribution in [0.4, 0.5) is 14.9 Å². The molecule has 4 rings (SSSR count). The first-order valence-corrected chi connectivity index (χ1v) is 9.06. The Morgan fingerprint density at radius 3 is 2.81 bits per heavy atom. The van der Waals surface area contributed by atoms with Gasteiger partial charge in [-0.1, -0.05) is 24.3 Å². The molecule has 5 nitrogen and oxygen atoms in total. The van der Waals surface area contributed by atoms with Crippen LogP contribution in [0.2, 0.25) is 0 Å². The highest BCUT2D eigenvalue weighted by Gasteiger charge is 2.30. The molecule has 0 radical (unpaired) electrons. The van der Waals surface area contributed by atoms with Gasteiger partial charge in [-0.05, 0) is 55.2 Å². The van der Waals surface area contributed by atoms with E-state index in [0.29, 0.717) is 17.9 Å². The lowest BCUT2D eigenvalue weighted by molar-refractivity contribution is 0.207. The number of nitrogens with one attached hydrogen (secondary N) is 1. The molecule has 1 atom stereocenters. The smallest absolute Gasteiger partial charge is 0.317 e. The molecular weight excluding hydrogens is 343 g/mol. The lowest BCUT2D eigenvalue weighted by atomic mass is 9.99. The van der Waals surface area contributed by atoms with Crippen molar-refractivity contribution < 1.29 is 9.18 Å². The Labute approximate surface area is 157 Å². The lowest BCUT2D eigenvalue weighted by Crippen LogP contribution is -2.34. The van der Waals surface area contributed by atoms with Crippen LogP contribution in [0.25, 0.3) is 5.69 Å². The first-order chi connectivity index (χ1) is 13.1. The second kappa shape index (κ2) is 7.23. The summed E-state index contributed by atoms with van der Waals surface area (Å²) < 4.78 is 15.9. The van der Waals surface area contributed by atoms with Gasteiger partial charge in [-0.3, -0.25) is 0 Å². The van der Waals surface area contributed by atoms with Crippen molar-refractivity contribution in [2.24, 2.45) is 0 Å². The first-order valence-electron chi connectivity index (χ1n) is 9.06.